The first kappa shape index (κ1) is 16.3. The first-order valence-corrected chi connectivity index (χ1v) is 7.48. The van der Waals surface area contributed by atoms with Crippen LogP contribution in [0.3, 0.4) is 0 Å². The molecule has 0 spiro atoms. The van der Waals surface area contributed by atoms with E-state index in [1.54, 1.807) is 6.92 Å². The van der Waals surface area contributed by atoms with Gasteiger partial charge in [-0.15, -0.1) is 0 Å². The number of hydrogen-bond acceptors (Lipinski definition) is 5. The Morgan fingerprint density at radius 1 is 1.21 bits per heavy atom. The first-order chi connectivity index (χ1) is 11.5. The summed E-state index contributed by atoms with van der Waals surface area (Å²) in [5.74, 6) is -1.40. The fourth-order valence-corrected chi connectivity index (χ4v) is 2.42. The Labute approximate surface area is 137 Å². The molecule has 126 valence electrons. The van der Waals surface area contributed by atoms with Crippen molar-refractivity contribution in [1.82, 2.24) is 9.97 Å². The molecule has 0 aliphatic carbocycles. The van der Waals surface area contributed by atoms with E-state index in [4.69, 9.17) is 4.74 Å². The van der Waals surface area contributed by atoms with Gasteiger partial charge in [0.25, 0.3) is 5.91 Å². The van der Waals surface area contributed by atoms with Crippen LogP contribution >= 0.6 is 0 Å². The highest BCUT2D eigenvalue weighted by atomic mass is 19.1. The van der Waals surface area contributed by atoms with Gasteiger partial charge < -0.3 is 15.0 Å². The highest BCUT2D eigenvalue weighted by Crippen LogP contribution is 2.20. The smallest absolute Gasteiger partial charge is 0.274 e. The normalized spacial score (nSPS) is 14.5. The Balaban J connectivity index is 1.85. The molecule has 1 saturated heterocycles. The van der Waals surface area contributed by atoms with E-state index >= 15 is 0 Å². The van der Waals surface area contributed by atoms with Crippen LogP contribution in [-0.2, 0) is 4.74 Å². The van der Waals surface area contributed by atoms with E-state index in [-0.39, 0.29) is 5.69 Å². The van der Waals surface area contributed by atoms with Crippen molar-refractivity contribution in [3.05, 3.63) is 47.4 Å². The topological polar surface area (TPSA) is 67.4 Å². The van der Waals surface area contributed by atoms with Crippen molar-refractivity contribution in [2.24, 2.45) is 0 Å². The van der Waals surface area contributed by atoms with Crippen molar-refractivity contribution in [3.63, 3.8) is 0 Å². The van der Waals surface area contributed by atoms with Crippen LogP contribution in [0.2, 0.25) is 0 Å². The number of aromatic nitrogens is 2. The van der Waals surface area contributed by atoms with Crippen LogP contribution in [0.15, 0.2) is 24.3 Å². The van der Waals surface area contributed by atoms with Crippen LogP contribution in [0.25, 0.3) is 0 Å². The van der Waals surface area contributed by atoms with Gasteiger partial charge in [0, 0.05) is 19.2 Å². The van der Waals surface area contributed by atoms with Gasteiger partial charge in [-0.2, -0.15) is 0 Å². The summed E-state index contributed by atoms with van der Waals surface area (Å²) in [5.41, 5.74) is -0.446. The first-order valence-electron chi connectivity index (χ1n) is 7.48. The fourth-order valence-electron chi connectivity index (χ4n) is 2.42. The molecule has 1 aliphatic heterocycles. The van der Waals surface area contributed by atoms with E-state index in [0.717, 1.165) is 12.1 Å². The van der Waals surface area contributed by atoms with Crippen LogP contribution in [0.5, 0.6) is 0 Å². The molecule has 2 heterocycles. The summed E-state index contributed by atoms with van der Waals surface area (Å²) in [6.45, 7) is 4.11. The number of halogens is 2. The van der Waals surface area contributed by atoms with Gasteiger partial charge in [0.05, 0.1) is 13.2 Å². The number of anilines is 2. The number of benzene rings is 1. The molecule has 1 fully saturated rings. The lowest BCUT2D eigenvalue weighted by Crippen LogP contribution is -2.37. The summed E-state index contributed by atoms with van der Waals surface area (Å²) < 4.78 is 32.6. The van der Waals surface area contributed by atoms with Gasteiger partial charge in [-0.1, -0.05) is 6.07 Å². The second-order valence-corrected chi connectivity index (χ2v) is 5.31. The van der Waals surface area contributed by atoms with Gasteiger partial charge in [0.1, 0.15) is 34.7 Å². The molecule has 24 heavy (non-hydrogen) atoms. The zero-order valence-electron chi connectivity index (χ0n) is 13.1. The maximum Gasteiger partial charge on any atom is 0.274 e. The lowest BCUT2D eigenvalue weighted by Gasteiger charge is -2.28. The van der Waals surface area contributed by atoms with Crippen LogP contribution in [0, 0.1) is 18.6 Å². The lowest BCUT2D eigenvalue weighted by molar-refractivity contribution is 0.102. The van der Waals surface area contributed by atoms with Crippen molar-refractivity contribution in [2.75, 3.05) is 36.5 Å². The zero-order chi connectivity index (χ0) is 17.1. The standard InChI is InChI=1S/C16H16F2N4O2/c1-10-19-13(9-14(20-10)22-5-7-24-8-6-22)16(23)21-15-11(17)3-2-4-12(15)18/h2-4,9H,5-8H2,1H3,(H,21,23). The van der Waals surface area contributed by atoms with Crippen molar-refractivity contribution < 1.29 is 18.3 Å². The van der Waals surface area contributed by atoms with Crippen molar-refractivity contribution in [1.29, 1.82) is 0 Å². The summed E-state index contributed by atoms with van der Waals surface area (Å²) in [6.07, 6.45) is 0. The molecule has 2 aromatic rings. The van der Waals surface area contributed by atoms with Crippen molar-refractivity contribution in [2.45, 2.75) is 6.92 Å². The SMILES string of the molecule is Cc1nc(C(=O)Nc2c(F)cccc2F)cc(N2CCOCC2)n1. The maximum atomic E-state index is 13.7. The molecule has 3 rings (SSSR count). The van der Waals surface area contributed by atoms with Gasteiger partial charge in [-0.05, 0) is 19.1 Å². The Morgan fingerprint density at radius 2 is 1.88 bits per heavy atom. The molecular weight excluding hydrogens is 318 g/mol. The van der Waals surface area contributed by atoms with E-state index in [9.17, 15) is 13.6 Å². The van der Waals surface area contributed by atoms with Gasteiger partial charge in [0.2, 0.25) is 0 Å². The second-order valence-electron chi connectivity index (χ2n) is 5.31. The predicted octanol–water partition coefficient (Wildman–Crippen LogP) is 2.15. The third kappa shape index (κ3) is 3.48. The molecule has 6 nitrogen and oxygen atoms in total. The Hall–Kier alpha value is -2.61. The van der Waals surface area contributed by atoms with Crippen LogP contribution in [0.4, 0.5) is 20.3 Å². The van der Waals surface area contributed by atoms with Gasteiger partial charge >= 0.3 is 0 Å². The maximum absolute atomic E-state index is 13.7. The van der Waals surface area contributed by atoms with Gasteiger partial charge in [-0.25, -0.2) is 18.7 Å². The molecule has 1 aliphatic rings. The molecule has 0 unspecified atom stereocenters. The number of nitrogens with one attached hydrogen (secondary N) is 1. The molecule has 1 aromatic heterocycles. The quantitative estimate of drug-likeness (QED) is 0.932. The second kappa shape index (κ2) is 6.88. The molecule has 0 atom stereocenters. The summed E-state index contributed by atoms with van der Waals surface area (Å²) in [7, 11) is 0. The number of nitrogens with zero attached hydrogens (tertiary/aromatic N) is 3. The summed E-state index contributed by atoms with van der Waals surface area (Å²) >= 11 is 0. The molecule has 0 saturated carbocycles. The number of carbonyl (C=O) groups excluding carboxylic acids is 1. The molecule has 0 bridgehead atoms. The summed E-state index contributed by atoms with van der Waals surface area (Å²) in [5, 5.41) is 2.23. The van der Waals surface area contributed by atoms with E-state index in [2.05, 4.69) is 15.3 Å². The van der Waals surface area contributed by atoms with Crippen LogP contribution < -0.4 is 10.2 Å². The summed E-state index contributed by atoms with van der Waals surface area (Å²) in [6, 6.07) is 4.88. The molecule has 1 N–H and O–H groups in total. The van der Waals surface area contributed by atoms with Crippen LogP contribution in [-0.4, -0.2) is 42.2 Å². The van der Waals surface area contributed by atoms with E-state index in [1.807, 2.05) is 4.90 Å². The number of para-hydroxylation sites is 1. The predicted molar refractivity (Wildman–Crippen MR) is 84.1 cm³/mol. The molecule has 1 amide bonds. The Bertz CT molecular complexity index is 743. The fraction of sp³-hybridized carbons (Fsp3) is 0.312. The van der Waals surface area contributed by atoms with Crippen LogP contribution in [0.1, 0.15) is 16.3 Å². The highest BCUT2D eigenvalue weighted by molar-refractivity contribution is 6.03. The molecular formula is C16H16F2N4O2. The zero-order valence-corrected chi connectivity index (χ0v) is 13.1. The Kier molecular flexibility index (Phi) is 4.66. The minimum atomic E-state index is -0.845. The largest absolute Gasteiger partial charge is 0.378 e. The van der Waals surface area contributed by atoms with E-state index < -0.39 is 23.2 Å². The third-order valence-electron chi connectivity index (χ3n) is 3.59. The third-order valence-corrected chi connectivity index (χ3v) is 3.59. The van der Waals surface area contributed by atoms with Crippen molar-refractivity contribution >= 4 is 17.4 Å². The minimum absolute atomic E-state index is 0.0478. The number of ether oxygens (including phenoxy) is 1. The van der Waals surface area contributed by atoms with E-state index in [1.165, 1.54) is 12.1 Å². The average molecular weight is 334 g/mol. The lowest BCUT2D eigenvalue weighted by atomic mass is 10.2. The number of carbonyl (C=O) groups is 1. The number of amides is 1. The number of morpholine rings is 1. The molecule has 0 radical (unpaired) electrons. The highest BCUT2D eigenvalue weighted by Gasteiger charge is 2.19. The molecule has 1 aromatic carbocycles. The monoisotopic (exact) mass is 334 g/mol. The molecule has 8 heteroatoms. The van der Waals surface area contributed by atoms with Crippen molar-refractivity contribution in [3.8, 4) is 0 Å². The van der Waals surface area contributed by atoms with Gasteiger partial charge in [-0.3, -0.25) is 4.79 Å². The number of aryl methyl sites for hydroxylation is 1. The summed E-state index contributed by atoms with van der Waals surface area (Å²) in [4.78, 5) is 22.7. The minimum Gasteiger partial charge on any atom is -0.378 e. The van der Waals surface area contributed by atoms with E-state index in [0.29, 0.717) is 37.9 Å². The number of hydrogen-bond donors (Lipinski definition) is 1. The number of rotatable bonds is 3. The van der Waals surface area contributed by atoms with Gasteiger partial charge in [0.15, 0.2) is 0 Å². The average Bonchev–Trinajstić information content (AvgIpc) is 2.58. The Morgan fingerprint density at radius 3 is 2.54 bits per heavy atom.